The van der Waals surface area contributed by atoms with Gasteiger partial charge in [-0.25, -0.2) is 4.98 Å². The third kappa shape index (κ3) is 3.13. The summed E-state index contributed by atoms with van der Waals surface area (Å²) in [5, 5.41) is 3.91. The number of rotatable bonds is 5. The van der Waals surface area contributed by atoms with Gasteiger partial charge in [-0.15, -0.1) is 0 Å². The zero-order chi connectivity index (χ0) is 14.7. The maximum Gasteiger partial charge on any atom is 0.244 e. The maximum absolute atomic E-state index is 6.18. The maximum atomic E-state index is 6.18. The van der Waals surface area contributed by atoms with Crippen LogP contribution in [0.4, 0.5) is 11.5 Å². The fourth-order valence-corrected chi connectivity index (χ4v) is 2.73. The minimum Gasteiger partial charge on any atom is -0.479 e. The van der Waals surface area contributed by atoms with E-state index in [9.17, 15) is 0 Å². The molecule has 0 fully saturated rings. The normalized spacial score (nSPS) is 10.4. The highest BCUT2D eigenvalue weighted by atomic mass is 35.5. The average molecular weight is 313 g/mol. The van der Waals surface area contributed by atoms with Crippen LogP contribution in [0.3, 0.4) is 0 Å². The third-order valence-electron chi connectivity index (χ3n) is 2.74. The first-order valence-corrected chi connectivity index (χ1v) is 7.25. The standard InChI is InChI=1S/C13H17ClN4OS/c1-8-5-6-9(12(16-8)18(2)3)15-7-10-11(14)13(19-4)17-20-10/h5-6,15H,7H2,1-4H3. The summed E-state index contributed by atoms with van der Waals surface area (Å²) < 4.78 is 9.21. The van der Waals surface area contributed by atoms with E-state index in [2.05, 4.69) is 14.7 Å². The Bertz CT molecular complexity index is 600. The Labute approximate surface area is 127 Å². The van der Waals surface area contributed by atoms with Crippen LogP contribution in [0.5, 0.6) is 5.88 Å². The molecule has 0 aromatic carbocycles. The summed E-state index contributed by atoms with van der Waals surface area (Å²) in [5.74, 6) is 1.38. The van der Waals surface area contributed by atoms with E-state index in [1.165, 1.54) is 11.5 Å². The Morgan fingerprint density at radius 1 is 1.40 bits per heavy atom. The Morgan fingerprint density at radius 3 is 2.75 bits per heavy atom. The van der Waals surface area contributed by atoms with Crippen LogP contribution in [0, 0.1) is 6.92 Å². The van der Waals surface area contributed by atoms with Gasteiger partial charge in [0.1, 0.15) is 5.02 Å². The lowest BCUT2D eigenvalue weighted by Gasteiger charge is -2.17. The number of hydrogen-bond donors (Lipinski definition) is 1. The average Bonchev–Trinajstić information content (AvgIpc) is 2.77. The first-order chi connectivity index (χ1) is 9.52. The van der Waals surface area contributed by atoms with Crippen molar-refractivity contribution >= 4 is 34.6 Å². The zero-order valence-corrected chi connectivity index (χ0v) is 13.5. The Balaban J connectivity index is 2.16. The molecule has 0 radical (unpaired) electrons. The van der Waals surface area contributed by atoms with E-state index < -0.39 is 0 Å². The summed E-state index contributed by atoms with van der Waals surface area (Å²) in [5.41, 5.74) is 1.95. The predicted molar refractivity (Wildman–Crippen MR) is 84.3 cm³/mol. The molecule has 0 saturated carbocycles. The van der Waals surface area contributed by atoms with Gasteiger partial charge in [-0.05, 0) is 30.6 Å². The van der Waals surface area contributed by atoms with Gasteiger partial charge in [-0.2, -0.15) is 4.37 Å². The number of anilines is 2. The van der Waals surface area contributed by atoms with Crippen LogP contribution in [0.25, 0.3) is 0 Å². The molecule has 20 heavy (non-hydrogen) atoms. The van der Waals surface area contributed by atoms with Gasteiger partial charge in [-0.3, -0.25) is 0 Å². The molecule has 0 bridgehead atoms. The second-order valence-electron chi connectivity index (χ2n) is 4.50. The molecule has 0 aliphatic carbocycles. The van der Waals surface area contributed by atoms with Crippen LogP contribution in [0.15, 0.2) is 12.1 Å². The number of nitrogens with zero attached hydrogens (tertiary/aromatic N) is 3. The minimum atomic E-state index is 0.475. The molecule has 2 rings (SSSR count). The van der Waals surface area contributed by atoms with Crippen molar-refractivity contribution in [2.45, 2.75) is 13.5 Å². The van der Waals surface area contributed by atoms with Gasteiger partial charge in [0.15, 0.2) is 5.82 Å². The molecule has 0 aliphatic heterocycles. The third-order valence-corrected chi connectivity index (χ3v) is 4.07. The fourth-order valence-electron chi connectivity index (χ4n) is 1.73. The van der Waals surface area contributed by atoms with E-state index in [1.54, 1.807) is 7.11 Å². The van der Waals surface area contributed by atoms with Crippen LogP contribution in [0.2, 0.25) is 5.02 Å². The van der Waals surface area contributed by atoms with E-state index >= 15 is 0 Å². The molecular weight excluding hydrogens is 296 g/mol. The monoisotopic (exact) mass is 312 g/mol. The molecule has 0 aliphatic rings. The first kappa shape index (κ1) is 14.9. The molecular formula is C13H17ClN4OS. The molecule has 2 heterocycles. The predicted octanol–water partition coefficient (Wildman–Crippen LogP) is 3.19. The quantitative estimate of drug-likeness (QED) is 0.919. The van der Waals surface area contributed by atoms with Crippen molar-refractivity contribution in [3.8, 4) is 5.88 Å². The second kappa shape index (κ2) is 6.28. The van der Waals surface area contributed by atoms with Gasteiger partial charge in [0, 0.05) is 19.8 Å². The van der Waals surface area contributed by atoms with Gasteiger partial charge in [0.05, 0.1) is 24.2 Å². The molecule has 0 amide bonds. The van der Waals surface area contributed by atoms with Crippen LogP contribution >= 0.6 is 23.1 Å². The van der Waals surface area contributed by atoms with Crippen molar-refractivity contribution in [3.63, 3.8) is 0 Å². The van der Waals surface area contributed by atoms with Crippen molar-refractivity contribution in [1.29, 1.82) is 0 Å². The number of methoxy groups -OCH3 is 1. The number of aromatic nitrogens is 2. The van der Waals surface area contributed by atoms with E-state index in [1.807, 2.05) is 38.1 Å². The molecule has 2 aromatic heterocycles. The Morgan fingerprint density at radius 2 is 2.15 bits per heavy atom. The van der Waals surface area contributed by atoms with E-state index in [-0.39, 0.29) is 0 Å². The summed E-state index contributed by atoms with van der Waals surface area (Å²) >= 11 is 7.51. The van der Waals surface area contributed by atoms with Crippen molar-refractivity contribution in [3.05, 3.63) is 27.7 Å². The largest absolute Gasteiger partial charge is 0.479 e. The van der Waals surface area contributed by atoms with Crippen LogP contribution in [-0.4, -0.2) is 30.6 Å². The van der Waals surface area contributed by atoms with Crippen molar-refractivity contribution in [2.75, 3.05) is 31.4 Å². The van der Waals surface area contributed by atoms with Gasteiger partial charge < -0.3 is 15.0 Å². The smallest absolute Gasteiger partial charge is 0.244 e. The second-order valence-corrected chi connectivity index (χ2v) is 5.74. The molecule has 5 nitrogen and oxygen atoms in total. The minimum absolute atomic E-state index is 0.475. The topological polar surface area (TPSA) is 50.3 Å². The van der Waals surface area contributed by atoms with Gasteiger partial charge in [0.25, 0.3) is 0 Å². The summed E-state index contributed by atoms with van der Waals surface area (Å²) in [7, 11) is 5.50. The summed E-state index contributed by atoms with van der Waals surface area (Å²) in [6.07, 6.45) is 0. The molecule has 7 heteroatoms. The number of nitrogens with one attached hydrogen (secondary N) is 1. The van der Waals surface area contributed by atoms with Gasteiger partial charge >= 0.3 is 0 Å². The molecule has 0 atom stereocenters. The fraction of sp³-hybridized carbons (Fsp3) is 0.385. The zero-order valence-electron chi connectivity index (χ0n) is 11.9. The SMILES string of the molecule is COc1nsc(CNc2ccc(C)nc2N(C)C)c1Cl. The molecule has 108 valence electrons. The van der Waals surface area contributed by atoms with Gasteiger partial charge in [0.2, 0.25) is 5.88 Å². The lowest BCUT2D eigenvalue weighted by molar-refractivity contribution is 0.402. The lowest BCUT2D eigenvalue weighted by atomic mass is 10.3. The number of aryl methyl sites for hydroxylation is 1. The van der Waals surface area contributed by atoms with Gasteiger partial charge in [-0.1, -0.05) is 11.6 Å². The Kier molecular flexibility index (Phi) is 4.67. The molecule has 1 N–H and O–H groups in total. The van der Waals surface area contributed by atoms with E-state index in [4.69, 9.17) is 16.3 Å². The number of pyridine rings is 1. The van der Waals surface area contributed by atoms with E-state index in [0.29, 0.717) is 17.4 Å². The van der Waals surface area contributed by atoms with Crippen LogP contribution in [0.1, 0.15) is 10.6 Å². The highest BCUT2D eigenvalue weighted by Gasteiger charge is 2.13. The first-order valence-electron chi connectivity index (χ1n) is 6.09. The number of halogens is 1. The molecule has 2 aromatic rings. The lowest BCUT2D eigenvalue weighted by Crippen LogP contribution is -2.14. The highest BCUT2D eigenvalue weighted by Crippen LogP contribution is 2.32. The highest BCUT2D eigenvalue weighted by molar-refractivity contribution is 7.06. The molecule has 0 spiro atoms. The van der Waals surface area contributed by atoms with Crippen LogP contribution < -0.4 is 15.0 Å². The molecule has 0 saturated heterocycles. The van der Waals surface area contributed by atoms with Crippen LogP contribution in [-0.2, 0) is 6.54 Å². The van der Waals surface area contributed by atoms with Crippen molar-refractivity contribution < 1.29 is 4.74 Å². The summed E-state index contributed by atoms with van der Waals surface area (Å²) in [6, 6.07) is 3.99. The van der Waals surface area contributed by atoms with Crippen molar-refractivity contribution in [1.82, 2.24) is 9.36 Å². The van der Waals surface area contributed by atoms with Crippen molar-refractivity contribution in [2.24, 2.45) is 0 Å². The molecule has 0 unspecified atom stereocenters. The number of hydrogen-bond acceptors (Lipinski definition) is 6. The van der Waals surface area contributed by atoms with E-state index in [0.717, 1.165) is 22.1 Å². The summed E-state index contributed by atoms with van der Waals surface area (Å²) in [6.45, 7) is 2.56. The summed E-state index contributed by atoms with van der Waals surface area (Å²) in [4.78, 5) is 7.44. The Hall–Kier alpha value is -1.53. The number of ether oxygens (including phenoxy) is 1.